The number of rotatable bonds is 4. The van der Waals surface area contributed by atoms with Crippen molar-refractivity contribution in [1.29, 1.82) is 5.26 Å². The van der Waals surface area contributed by atoms with Gasteiger partial charge in [-0.1, -0.05) is 18.2 Å². The Bertz CT molecular complexity index is 1120. The first-order valence-corrected chi connectivity index (χ1v) is 8.53. The molecule has 27 heavy (non-hydrogen) atoms. The van der Waals surface area contributed by atoms with Gasteiger partial charge in [0.1, 0.15) is 6.54 Å². The lowest BCUT2D eigenvalue weighted by molar-refractivity contribution is 0.0956. The Morgan fingerprint density at radius 1 is 1.07 bits per heavy atom. The molecule has 1 heterocycles. The molecule has 1 aromatic heterocycles. The van der Waals surface area contributed by atoms with E-state index in [1.807, 2.05) is 45.0 Å². The molecule has 0 radical (unpaired) electrons. The number of aryl methyl sites for hydroxylation is 2. The summed E-state index contributed by atoms with van der Waals surface area (Å²) in [5, 5.41) is 12.2. The van der Waals surface area contributed by atoms with Gasteiger partial charge in [-0.25, -0.2) is 0 Å². The third-order valence-electron chi connectivity index (χ3n) is 4.92. The van der Waals surface area contributed by atoms with Gasteiger partial charge in [0.05, 0.1) is 17.1 Å². The average molecular weight is 360 g/mol. The molecule has 0 saturated carbocycles. The van der Waals surface area contributed by atoms with E-state index in [0.717, 1.165) is 33.3 Å². The molecule has 6 nitrogen and oxygen atoms in total. The number of carbonyl (C=O) groups is 2. The fraction of sp³-hybridized carbons (Fsp3) is 0.190. The SMILES string of the molecule is Cc1[nH]c2c(C(N)=O)ccc(-c3cccc(C(=O)NCC#N)c3C)c2c1C. The number of amides is 2. The van der Waals surface area contributed by atoms with Gasteiger partial charge >= 0.3 is 0 Å². The molecule has 0 fully saturated rings. The van der Waals surface area contributed by atoms with Crippen LogP contribution in [0.25, 0.3) is 22.0 Å². The van der Waals surface area contributed by atoms with E-state index in [0.29, 0.717) is 16.6 Å². The summed E-state index contributed by atoms with van der Waals surface area (Å²) >= 11 is 0. The molecule has 3 rings (SSSR count). The molecule has 3 aromatic rings. The lowest BCUT2D eigenvalue weighted by Crippen LogP contribution is -2.24. The quantitative estimate of drug-likeness (QED) is 0.621. The second-order valence-corrected chi connectivity index (χ2v) is 6.47. The Hall–Kier alpha value is -3.59. The number of carbonyl (C=O) groups excluding carboxylic acids is 2. The van der Waals surface area contributed by atoms with Crippen LogP contribution in [0.1, 0.15) is 37.5 Å². The molecule has 4 N–H and O–H groups in total. The lowest BCUT2D eigenvalue weighted by Gasteiger charge is -2.13. The molecule has 0 aliphatic rings. The van der Waals surface area contributed by atoms with Gasteiger partial charge in [0.15, 0.2) is 0 Å². The van der Waals surface area contributed by atoms with Crippen molar-refractivity contribution in [3.63, 3.8) is 0 Å². The highest BCUT2D eigenvalue weighted by molar-refractivity contribution is 6.11. The summed E-state index contributed by atoms with van der Waals surface area (Å²) in [6.07, 6.45) is 0. The Morgan fingerprint density at radius 3 is 2.48 bits per heavy atom. The molecule has 6 heteroatoms. The number of hydrogen-bond donors (Lipinski definition) is 3. The van der Waals surface area contributed by atoms with E-state index in [4.69, 9.17) is 11.0 Å². The summed E-state index contributed by atoms with van der Waals surface area (Å²) < 4.78 is 0. The largest absolute Gasteiger partial charge is 0.366 e. The summed E-state index contributed by atoms with van der Waals surface area (Å²) in [6, 6.07) is 11.0. The maximum Gasteiger partial charge on any atom is 0.252 e. The van der Waals surface area contributed by atoms with Crippen LogP contribution >= 0.6 is 0 Å². The molecule has 2 aromatic carbocycles. The highest BCUT2D eigenvalue weighted by Crippen LogP contribution is 2.36. The highest BCUT2D eigenvalue weighted by atomic mass is 16.2. The number of nitrogens with zero attached hydrogens (tertiary/aromatic N) is 1. The number of primary amides is 1. The van der Waals surface area contributed by atoms with Crippen LogP contribution < -0.4 is 11.1 Å². The van der Waals surface area contributed by atoms with Crippen molar-refractivity contribution in [3.8, 4) is 17.2 Å². The van der Waals surface area contributed by atoms with Crippen LogP contribution in [-0.4, -0.2) is 23.3 Å². The van der Waals surface area contributed by atoms with Crippen molar-refractivity contribution in [1.82, 2.24) is 10.3 Å². The highest BCUT2D eigenvalue weighted by Gasteiger charge is 2.19. The maximum absolute atomic E-state index is 12.4. The minimum absolute atomic E-state index is 0.0455. The summed E-state index contributed by atoms with van der Waals surface area (Å²) in [5.41, 5.74) is 11.8. The molecule has 0 spiro atoms. The van der Waals surface area contributed by atoms with Gasteiger partial charge in [-0.3, -0.25) is 9.59 Å². The fourth-order valence-electron chi connectivity index (χ4n) is 3.41. The van der Waals surface area contributed by atoms with Crippen LogP contribution in [0.2, 0.25) is 0 Å². The first-order chi connectivity index (χ1) is 12.9. The summed E-state index contributed by atoms with van der Waals surface area (Å²) in [7, 11) is 0. The normalized spacial score (nSPS) is 10.6. The van der Waals surface area contributed by atoms with E-state index >= 15 is 0 Å². The number of aromatic nitrogens is 1. The average Bonchev–Trinajstić information content (AvgIpc) is 2.94. The molecule has 0 atom stereocenters. The zero-order valence-corrected chi connectivity index (χ0v) is 15.4. The molecule has 2 amide bonds. The third kappa shape index (κ3) is 3.04. The summed E-state index contributed by atoms with van der Waals surface area (Å²) in [4.78, 5) is 27.4. The Kier molecular flexibility index (Phi) is 4.70. The van der Waals surface area contributed by atoms with E-state index in [1.54, 1.807) is 12.1 Å². The van der Waals surface area contributed by atoms with E-state index in [1.165, 1.54) is 0 Å². The number of aromatic amines is 1. The van der Waals surface area contributed by atoms with Gasteiger partial charge in [0.25, 0.3) is 11.8 Å². The van der Waals surface area contributed by atoms with Crippen molar-refractivity contribution in [2.45, 2.75) is 20.8 Å². The second kappa shape index (κ2) is 6.96. The Morgan fingerprint density at radius 2 is 1.81 bits per heavy atom. The molecule has 0 unspecified atom stereocenters. The second-order valence-electron chi connectivity index (χ2n) is 6.47. The van der Waals surface area contributed by atoms with Crippen molar-refractivity contribution >= 4 is 22.7 Å². The van der Waals surface area contributed by atoms with Gasteiger partial charge in [-0.15, -0.1) is 0 Å². The number of benzene rings is 2. The van der Waals surface area contributed by atoms with Crippen LogP contribution in [0.15, 0.2) is 30.3 Å². The molecular weight excluding hydrogens is 340 g/mol. The number of H-pyrrole nitrogens is 1. The van der Waals surface area contributed by atoms with Gasteiger partial charge in [0.2, 0.25) is 0 Å². The van der Waals surface area contributed by atoms with E-state index in [-0.39, 0.29) is 12.5 Å². The summed E-state index contributed by atoms with van der Waals surface area (Å²) in [5.74, 6) is -0.781. The number of fused-ring (bicyclic) bond motifs is 1. The standard InChI is InChI=1S/C21H20N4O2/c1-11-13(3)25-19-17(20(23)26)8-7-16(18(11)19)14-5-4-6-15(12(14)2)21(27)24-10-9-22/h4-8,25H,10H2,1-3H3,(H2,23,26)(H,24,27). The molecule has 0 aliphatic heterocycles. The van der Waals surface area contributed by atoms with E-state index in [9.17, 15) is 9.59 Å². The number of nitrogens with two attached hydrogens (primary N) is 1. The minimum Gasteiger partial charge on any atom is -0.366 e. The lowest BCUT2D eigenvalue weighted by atomic mass is 9.91. The predicted octanol–water partition coefficient (Wildman–Crippen LogP) is 3.11. The van der Waals surface area contributed by atoms with Crippen molar-refractivity contribution < 1.29 is 9.59 Å². The number of nitriles is 1. The molecule has 0 saturated heterocycles. The first kappa shape index (κ1) is 18.2. The number of hydrogen-bond acceptors (Lipinski definition) is 3. The van der Waals surface area contributed by atoms with Crippen LogP contribution in [0.4, 0.5) is 0 Å². The third-order valence-corrected chi connectivity index (χ3v) is 4.92. The smallest absolute Gasteiger partial charge is 0.252 e. The molecular formula is C21H20N4O2. The maximum atomic E-state index is 12.4. The van der Waals surface area contributed by atoms with Gasteiger partial charge in [-0.2, -0.15) is 5.26 Å². The first-order valence-electron chi connectivity index (χ1n) is 8.53. The zero-order chi connectivity index (χ0) is 19.7. The minimum atomic E-state index is -0.492. The topological polar surface area (TPSA) is 112 Å². The number of nitrogens with one attached hydrogen (secondary N) is 2. The van der Waals surface area contributed by atoms with Crippen molar-refractivity contribution in [2.24, 2.45) is 5.73 Å². The van der Waals surface area contributed by atoms with Gasteiger partial charge < -0.3 is 16.0 Å². The monoisotopic (exact) mass is 360 g/mol. The van der Waals surface area contributed by atoms with Crippen LogP contribution in [0.3, 0.4) is 0 Å². The van der Waals surface area contributed by atoms with Crippen LogP contribution in [-0.2, 0) is 0 Å². The molecule has 0 bridgehead atoms. The van der Waals surface area contributed by atoms with Crippen LogP contribution in [0.5, 0.6) is 0 Å². The van der Waals surface area contributed by atoms with Crippen LogP contribution in [0, 0.1) is 32.1 Å². The Labute approximate surface area is 157 Å². The van der Waals surface area contributed by atoms with Gasteiger partial charge in [-0.05, 0) is 55.2 Å². The molecule has 136 valence electrons. The van der Waals surface area contributed by atoms with Crippen molar-refractivity contribution in [2.75, 3.05) is 6.54 Å². The van der Waals surface area contributed by atoms with E-state index in [2.05, 4.69) is 10.3 Å². The molecule has 0 aliphatic carbocycles. The predicted molar refractivity (Wildman–Crippen MR) is 104 cm³/mol. The van der Waals surface area contributed by atoms with E-state index < -0.39 is 5.91 Å². The zero-order valence-electron chi connectivity index (χ0n) is 15.4. The Balaban J connectivity index is 2.25. The fourth-order valence-corrected chi connectivity index (χ4v) is 3.41. The van der Waals surface area contributed by atoms with Gasteiger partial charge in [0, 0.05) is 16.6 Å². The summed E-state index contributed by atoms with van der Waals surface area (Å²) in [6.45, 7) is 5.76. The van der Waals surface area contributed by atoms with Crippen molar-refractivity contribution in [3.05, 3.63) is 58.3 Å².